The van der Waals surface area contributed by atoms with Crippen LogP contribution in [0, 0.1) is 5.92 Å². The van der Waals surface area contributed by atoms with Crippen LogP contribution in [0.4, 0.5) is 4.79 Å². The summed E-state index contributed by atoms with van der Waals surface area (Å²) in [5.74, 6) is 1.21. The van der Waals surface area contributed by atoms with Crippen LogP contribution in [0.1, 0.15) is 55.1 Å². The zero-order valence-corrected chi connectivity index (χ0v) is 22.3. The van der Waals surface area contributed by atoms with Crippen molar-refractivity contribution in [3.05, 3.63) is 76.9 Å². The second kappa shape index (κ2) is 10.8. The second-order valence-electron chi connectivity index (χ2n) is 10.7. The average Bonchev–Trinajstić information content (AvgIpc) is 3.16. The molecule has 1 aliphatic heterocycles. The Bertz CT molecular complexity index is 1080. The van der Waals surface area contributed by atoms with E-state index in [1.807, 2.05) is 48.5 Å². The first-order valence-corrected chi connectivity index (χ1v) is 14.7. The van der Waals surface area contributed by atoms with Crippen molar-refractivity contribution in [1.29, 1.82) is 0 Å². The van der Waals surface area contributed by atoms with E-state index in [9.17, 15) is 9.59 Å². The van der Waals surface area contributed by atoms with Crippen molar-refractivity contribution in [1.82, 2.24) is 4.90 Å². The van der Waals surface area contributed by atoms with Gasteiger partial charge in [0.05, 0.1) is 15.0 Å². The van der Waals surface area contributed by atoms with Gasteiger partial charge in [0.1, 0.15) is 12.4 Å². The molecule has 2 aliphatic rings. The number of ketones is 1. The molecule has 0 saturated carbocycles. The third-order valence-electron chi connectivity index (χ3n) is 7.17. The third kappa shape index (κ3) is 6.43. The molecule has 0 N–H and O–H groups in total. The Morgan fingerprint density at radius 1 is 1.11 bits per heavy atom. The minimum Gasteiger partial charge on any atom is -0.497 e. The van der Waals surface area contributed by atoms with Crippen LogP contribution in [0.25, 0.3) is 0 Å². The summed E-state index contributed by atoms with van der Waals surface area (Å²) < 4.78 is 11.5. The number of benzene rings is 2. The molecule has 5 nitrogen and oxygen atoms in total. The predicted octanol–water partition coefficient (Wildman–Crippen LogP) is 6.24. The molecule has 1 heterocycles. The van der Waals surface area contributed by atoms with E-state index in [0.29, 0.717) is 32.0 Å². The highest BCUT2D eigenvalue weighted by molar-refractivity contribution is 6.60. The smallest absolute Gasteiger partial charge is 0.410 e. The quantitative estimate of drug-likeness (QED) is 0.355. The maximum atomic E-state index is 13.1. The van der Waals surface area contributed by atoms with Crippen LogP contribution < -0.4 is 4.74 Å². The number of carbonyl (C=O) groups excluding carboxylic acids is 2. The molecule has 1 fully saturated rings. The number of allylic oxidation sites excluding steroid dienone is 2. The number of hydrogen-bond donors (Lipinski definition) is 0. The number of fused-ring (bicyclic) bond motifs is 1. The molecule has 1 aliphatic carbocycles. The van der Waals surface area contributed by atoms with Gasteiger partial charge < -0.3 is 14.4 Å². The Morgan fingerprint density at radius 2 is 1.83 bits per heavy atom. The van der Waals surface area contributed by atoms with E-state index < -0.39 is 8.80 Å². The maximum Gasteiger partial charge on any atom is 0.410 e. The minimum atomic E-state index is -0.643. The summed E-state index contributed by atoms with van der Waals surface area (Å²) in [7, 11) is -0.643. The van der Waals surface area contributed by atoms with Gasteiger partial charge in [-0.25, -0.2) is 4.79 Å². The van der Waals surface area contributed by atoms with Crippen LogP contribution in [-0.4, -0.2) is 44.9 Å². The number of likely N-dealkylation sites (tertiary alicyclic amines) is 1. The summed E-state index contributed by atoms with van der Waals surface area (Å²) in [6, 6.07) is 15.7. The van der Waals surface area contributed by atoms with E-state index >= 15 is 0 Å². The number of nitrogens with zero attached hydrogens (tertiary/aromatic N) is 1. The summed E-state index contributed by atoms with van der Waals surface area (Å²) in [6.45, 7) is 10.6. The molecule has 0 spiro atoms. The molecule has 185 valence electrons. The number of ether oxygens (including phenoxy) is 2. The fraction of sp³-hybridized carbons (Fsp3) is 0.448. The van der Waals surface area contributed by atoms with Crippen molar-refractivity contribution in [3.63, 3.8) is 0 Å². The number of Topliss-reactive ketones (excluding diaryl/α,β-unsaturated/α-hetero) is 1. The van der Waals surface area contributed by atoms with E-state index in [4.69, 9.17) is 9.47 Å². The fourth-order valence-electron chi connectivity index (χ4n) is 4.36. The van der Waals surface area contributed by atoms with Gasteiger partial charge in [0.2, 0.25) is 0 Å². The third-order valence-corrected chi connectivity index (χ3v) is 10.3. The van der Waals surface area contributed by atoms with Gasteiger partial charge in [-0.15, -0.1) is 0 Å². The molecule has 0 unspecified atom stereocenters. The maximum absolute atomic E-state index is 13.1. The highest BCUT2D eigenvalue weighted by atomic mass is 28.3. The molecule has 2 aromatic carbocycles. The fourth-order valence-corrected chi connectivity index (χ4v) is 5.17. The number of rotatable bonds is 6. The van der Waals surface area contributed by atoms with Crippen molar-refractivity contribution in [3.8, 4) is 5.75 Å². The van der Waals surface area contributed by atoms with Crippen LogP contribution in [-0.2, 0) is 17.8 Å². The Labute approximate surface area is 210 Å². The van der Waals surface area contributed by atoms with Gasteiger partial charge in [-0.1, -0.05) is 69.8 Å². The highest BCUT2D eigenvalue weighted by Crippen LogP contribution is 2.33. The summed E-state index contributed by atoms with van der Waals surface area (Å²) in [5, 5.41) is 0.279. The van der Waals surface area contributed by atoms with Gasteiger partial charge in [-0.3, -0.25) is 4.79 Å². The van der Waals surface area contributed by atoms with Gasteiger partial charge >= 0.3 is 6.09 Å². The molecule has 0 aromatic heterocycles. The Hall–Kier alpha value is -2.86. The molecule has 4 rings (SSSR count). The van der Waals surface area contributed by atoms with Crippen molar-refractivity contribution in [2.24, 2.45) is 5.92 Å². The molecule has 0 bridgehead atoms. The summed E-state index contributed by atoms with van der Waals surface area (Å²) in [5.41, 5.74) is 3.71. The number of piperidine rings is 1. The second-order valence-corrected chi connectivity index (χ2v) is 14.0. The molecule has 1 saturated heterocycles. The van der Waals surface area contributed by atoms with Crippen LogP contribution in [0.3, 0.4) is 0 Å². The summed E-state index contributed by atoms with van der Waals surface area (Å²) in [6.07, 6.45) is 4.98. The van der Waals surface area contributed by atoms with Gasteiger partial charge in [0.25, 0.3) is 0 Å². The number of hydrogen-bond acceptors (Lipinski definition) is 4. The first-order valence-electron chi connectivity index (χ1n) is 12.5. The van der Waals surface area contributed by atoms with Crippen LogP contribution >= 0.6 is 0 Å². The summed E-state index contributed by atoms with van der Waals surface area (Å²) in [4.78, 5) is 27.3. The van der Waals surface area contributed by atoms with Gasteiger partial charge in [0, 0.05) is 30.6 Å². The van der Waals surface area contributed by atoms with E-state index in [1.54, 1.807) is 4.90 Å². The van der Waals surface area contributed by atoms with Crippen LogP contribution in [0.5, 0.6) is 5.75 Å². The first kappa shape index (κ1) is 25.2. The molecular weight excluding hydrogens is 454 g/mol. The average molecular weight is 491 g/mol. The lowest BCUT2D eigenvalue weighted by Gasteiger charge is -2.30. The van der Waals surface area contributed by atoms with Gasteiger partial charge in [-0.2, -0.15) is 0 Å². The topological polar surface area (TPSA) is 55.8 Å². The lowest BCUT2D eigenvalue weighted by atomic mass is 9.93. The van der Waals surface area contributed by atoms with Crippen molar-refractivity contribution >= 4 is 20.7 Å². The molecule has 35 heavy (non-hydrogen) atoms. The zero-order chi connectivity index (χ0) is 25.0. The predicted molar refractivity (Wildman–Crippen MR) is 140 cm³/mol. The van der Waals surface area contributed by atoms with Gasteiger partial charge in [0.15, 0.2) is 5.78 Å². The molecule has 6 heteroatoms. The number of carbonyl (C=O) groups is 2. The minimum absolute atomic E-state index is 0.119. The standard InChI is InChI=1S/C29H36NO4Si/c1-29(2,3)35(4)20-34-25-11-10-23-17-24(27(31)26(23)18-25)16-21-12-14-30(15-13-21)28(32)33-19-22-8-6-5-7-9-22/h5-11,16,18,21H,12-15,17,19-20H2,1-4H3/b24-16+. The van der Waals surface area contributed by atoms with Gasteiger partial charge in [-0.05, 0) is 47.1 Å². The largest absolute Gasteiger partial charge is 0.497 e. The van der Waals surface area contributed by atoms with Crippen molar-refractivity contribution < 1.29 is 19.1 Å². The van der Waals surface area contributed by atoms with E-state index in [1.165, 1.54) is 0 Å². The van der Waals surface area contributed by atoms with E-state index in [0.717, 1.165) is 47.1 Å². The lowest BCUT2D eigenvalue weighted by molar-refractivity contribution is 0.0852. The van der Waals surface area contributed by atoms with Crippen LogP contribution in [0.15, 0.2) is 60.2 Å². The molecule has 1 radical (unpaired) electrons. The Kier molecular flexibility index (Phi) is 7.80. The number of amides is 1. The summed E-state index contributed by atoms with van der Waals surface area (Å²) >= 11 is 0. The normalized spacial score (nSPS) is 17.7. The highest BCUT2D eigenvalue weighted by Gasteiger charge is 2.29. The Morgan fingerprint density at radius 3 is 2.51 bits per heavy atom. The van der Waals surface area contributed by atoms with Crippen LogP contribution in [0.2, 0.25) is 11.6 Å². The Balaban J connectivity index is 1.29. The molecular formula is C29H36NO4Si. The lowest BCUT2D eigenvalue weighted by Crippen LogP contribution is -2.38. The monoisotopic (exact) mass is 490 g/mol. The van der Waals surface area contributed by atoms with E-state index in [2.05, 4.69) is 33.4 Å². The van der Waals surface area contributed by atoms with Crippen molar-refractivity contribution in [2.45, 2.75) is 58.2 Å². The van der Waals surface area contributed by atoms with Crippen molar-refractivity contribution in [2.75, 3.05) is 19.3 Å². The molecule has 2 aromatic rings. The first-order chi connectivity index (χ1) is 16.7. The molecule has 0 atom stereocenters. The zero-order valence-electron chi connectivity index (χ0n) is 21.3. The molecule has 1 amide bonds. The SMILES string of the molecule is C[Si](COc1ccc2c(c1)C(=O)/C(=C/C1CCN(C(=O)OCc3ccccc3)CC1)C2)C(C)(C)C. The van der Waals surface area contributed by atoms with E-state index in [-0.39, 0.29) is 16.9 Å².